The second-order valence-corrected chi connectivity index (χ2v) is 4.08. The van der Waals surface area contributed by atoms with E-state index in [1.165, 1.54) is 12.1 Å². The molecule has 0 fully saturated rings. The Morgan fingerprint density at radius 1 is 1.29 bits per heavy atom. The lowest BCUT2D eigenvalue weighted by Crippen LogP contribution is -2.09. The van der Waals surface area contributed by atoms with E-state index in [-0.39, 0.29) is 17.1 Å². The molecular weight excluding hydrogens is 220 g/mol. The molecule has 17 heavy (non-hydrogen) atoms. The Morgan fingerprint density at radius 3 is 2.65 bits per heavy atom. The lowest BCUT2D eigenvalue weighted by molar-refractivity contribution is 0.450. The van der Waals surface area contributed by atoms with Crippen LogP contribution in [0.3, 0.4) is 0 Å². The molecule has 0 aliphatic carbocycles. The van der Waals surface area contributed by atoms with E-state index in [1.807, 2.05) is 6.92 Å². The molecule has 0 bridgehead atoms. The zero-order valence-corrected chi connectivity index (χ0v) is 9.78. The lowest BCUT2D eigenvalue weighted by atomic mass is 10.0. The SMILES string of the molecule is CCCc1c(C)c2c(O)cc(O)cc2oc1=O. The minimum absolute atomic E-state index is 0.0707. The van der Waals surface area contributed by atoms with Crippen molar-refractivity contribution >= 4 is 11.0 Å². The normalized spacial score (nSPS) is 10.9. The Kier molecular flexibility index (Phi) is 2.79. The molecule has 2 rings (SSSR count). The van der Waals surface area contributed by atoms with Gasteiger partial charge >= 0.3 is 5.63 Å². The second-order valence-electron chi connectivity index (χ2n) is 4.08. The lowest BCUT2D eigenvalue weighted by Gasteiger charge is -2.08. The van der Waals surface area contributed by atoms with Gasteiger partial charge in [-0.1, -0.05) is 13.3 Å². The van der Waals surface area contributed by atoms with Crippen molar-refractivity contribution in [1.29, 1.82) is 0 Å². The van der Waals surface area contributed by atoms with Crippen LogP contribution < -0.4 is 5.63 Å². The van der Waals surface area contributed by atoms with E-state index < -0.39 is 5.63 Å². The van der Waals surface area contributed by atoms with Gasteiger partial charge < -0.3 is 14.6 Å². The monoisotopic (exact) mass is 234 g/mol. The van der Waals surface area contributed by atoms with Crippen LogP contribution in [0, 0.1) is 6.92 Å². The number of aryl methyl sites for hydroxylation is 1. The van der Waals surface area contributed by atoms with Crippen LogP contribution in [-0.2, 0) is 6.42 Å². The predicted molar refractivity (Wildman–Crippen MR) is 64.5 cm³/mol. The molecule has 2 aromatic rings. The number of fused-ring (bicyclic) bond motifs is 1. The molecule has 0 unspecified atom stereocenters. The molecule has 90 valence electrons. The molecule has 4 heteroatoms. The first-order chi connectivity index (χ1) is 8.04. The van der Waals surface area contributed by atoms with Crippen molar-refractivity contribution in [2.24, 2.45) is 0 Å². The Balaban J connectivity index is 2.87. The van der Waals surface area contributed by atoms with Crippen LogP contribution in [0.2, 0.25) is 0 Å². The fourth-order valence-electron chi connectivity index (χ4n) is 2.05. The fraction of sp³-hybridized carbons (Fsp3) is 0.308. The van der Waals surface area contributed by atoms with Crippen molar-refractivity contribution in [3.63, 3.8) is 0 Å². The van der Waals surface area contributed by atoms with E-state index in [9.17, 15) is 15.0 Å². The minimum atomic E-state index is -0.401. The van der Waals surface area contributed by atoms with Crippen LogP contribution in [0.15, 0.2) is 21.3 Å². The largest absolute Gasteiger partial charge is 0.508 e. The van der Waals surface area contributed by atoms with Crippen LogP contribution in [0.4, 0.5) is 0 Å². The summed E-state index contributed by atoms with van der Waals surface area (Å²) < 4.78 is 5.11. The Labute approximate surface area is 98.1 Å². The van der Waals surface area contributed by atoms with Crippen LogP contribution in [0.5, 0.6) is 11.5 Å². The number of aromatic hydroxyl groups is 2. The first-order valence-corrected chi connectivity index (χ1v) is 5.52. The molecule has 0 aliphatic heterocycles. The molecule has 0 atom stereocenters. The van der Waals surface area contributed by atoms with Gasteiger partial charge in [-0.25, -0.2) is 4.79 Å². The Bertz CT molecular complexity index is 625. The van der Waals surface area contributed by atoms with Crippen LogP contribution in [0.25, 0.3) is 11.0 Å². The number of hydrogen-bond donors (Lipinski definition) is 2. The average molecular weight is 234 g/mol. The highest BCUT2D eigenvalue weighted by atomic mass is 16.4. The maximum Gasteiger partial charge on any atom is 0.339 e. The molecule has 1 heterocycles. The maximum absolute atomic E-state index is 11.7. The van der Waals surface area contributed by atoms with Gasteiger partial charge in [0.25, 0.3) is 0 Å². The first kappa shape index (κ1) is 11.5. The summed E-state index contributed by atoms with van der Waals surface area (Å²) in [4.78, 5) is 11.7. The molecule has 0 amide bonds. The van der Waals surface area contributed by atoms with Gasteiger partial charge in [-0.15, -0.1) is 0 Å². The highest BCUT2D eigenvalue weighted by Crippen LogP contribution is 2.32. The van der Waals surface area contributed by atoms with Crippen LogP contribution in [0.1, 0.15) is 24.5 Å². The van der Waals surface area contributed by atoms with Crippen molar-refractivity contribution in [3.8, 4) is 11.5 Å². The third-order valence-electron chi connectivity index (χ3n) is 2.84. The number of rotatable bonds is 2. The van der Waals surface area contributed by atoms with Gasteiger partial charge in [-0.05, 0) is 18.9 Å². The average Bonchev–Trinajstić information content (AvgIpc) is 2.22. The van der Waals surface area contributed by atoms with Gasteiger partial charge in [0.15, 0.2) is 0 Å². The van der Waals surface area contributed by atoms with Gasteiger partial charge in [-0.3, -0.25) is 0 Å². The van der Waals surface area contributed by atoms with E-state index in [4.69, 9.17) is 4.42 Å². The third kappa shape index (κ3) is 1.86. The van der Waals surface area contributed by atoms with Gasteiger partial charge in [0.05, 0.1) is 5.39 Å². The fourth-order valence-corrected chi connectivity index (χ4v) is 2.05. The maximum atomic E-state index is 11.7. The van der Waals surface area contributed by atoms with Gasteiger partial charge in [0.1, 0.15) is 17.1 Å². The highest BCUT2D eigenvalue weighted by molar-refractivity contribution is 5.88. The summed E-state index contributed by atoms with van der Waals surface area (Å²) in [7, 11) is 0. The van der Waals surface area contributed by atoms with Crippen molar-refractivity contribution in [1.82, 2.24) is 0 Å². The third-order valence-corrected chi connectivity index (χ3v) is 2.84. The number of phenolic OH excluding ortho intramolecular Hbond substituents is 2. The van der Waals surface area contributed by atoms with E-state index in [0.717, 1.165) is 12.0 Å². The molecule has 0 saturated heterocycles. The summed E-state index contributed by atoms with van der Waals surface area (Å²) in [6.45, 7) is 3.75. The molecule has 0 saturated carbocycles. The summed E-state index contributed by atoms with van der Waals surface area (Å²) >= 11 is 0. The molecule has 2 N–H and O–H groups in total. The zero-order chi connectivity index (χ0) is 12.6. The summed E-state index contributed by atoms with van der Waals surface area (Å²) in [6.07, 6.45) is 1.44. The topological polar surface area (TPSA) is 70.7 Å². The molecule has 0 aliphatic rings. The zero-order valence-electron chi connectivity index (χ0n) is 9.78. The van der Waals surface area contributed by atoms with E-state index in [1.54, 1.807) is 6.92 Å². The van der Waals surface area contributed by atoms with Gasteiger partial charge in [-0.2, -0.15) is 0 Å². The molecule has 1 aromatic heterocycles. The standard InChI is InChI=1S/C13H14O4/c1-3-4-9-7(2)12-10(15)5-8(14)6-11(12)17-13(9)16/h5-6,14-15H,3-4H2,1-2H3. The molecule has 4 nitrogen and oxygen atoms in total. The Hall–Kier alpha value is -1.97. The van der Waals surface area contributed by atoms with Gasteiger partial charge in [0, 0.05) is 17.7 Å². The highest BCUT2D eigenvalue weighted by Gasteiger charge is 2.14. The van der Waals surface area contributed by atoms with Crippen molar-refractivity contribution in [2.75, 3.05) is 0 Å². The van der Waals surface area contributed by atoms with Gasteiger partial charge in [0.2, 0.25) is 0 Å². The van der Waals surface area contributed by atoms with E-state index in [2.05, 4.69) is 0 Å². The molecular formula is C13H14O4. The molecule has 1 aromatic carbocycles. The van der Waals surface area contributed by atoms with Crippen LogP contribution >= 0.6 is 0 Å². The summed E-state index contributed by atoms with van der Waals surface area (Å²) in [5.74, 6) is -0.195. The number of benzene rings is 1. The number of phenols is 2. The predicted octanol–water partition coefficient (Wildman–Crippen LogP) is 2.47. The van der Waals surface area contributed by atoms with E-state index in [0.29, 0.717) is 17.4 Å². The smallest absolute Gasteiger partial charge is 0.339 e. The quantitative estimate of drug-likeness (QED) is 0.783. The molecule has 0 radical (unpaired) electrons. The Morgan fingerprint density at radius 2 is 2.00 bits per heavy atom. The van der Waals surface area contributed by atoms with Crippen LogP contribution in [-0.4, -0.2) is 10.2 Å². The summed E-state index contributed by atoms with van der Waals surface area (Å²) in [5.41, 5.74) is 1.11. The minimum Gasteiger partial charge on any atom is -0.508 e. The molecule has 0 spiro atoms. The van der Waals surface area contributed by atoms with E-state index >= 15 is 0 Å². The van der Waals surface area contributed by atoms with Crippen molar-refractivity contribution in [3.05, 3.63) is 33.7 Å². The number of hydrogen-bond acceptors (Lipinski definition) is 4. The van der Waals surface area contributed by atoms with Crippen molar-refractivity contribution < 1.29 is 14.6 Å². The summed E-state index contributed by atoms with van der Waals surface area (Å²) in [5, 5.41) is 19.6. The second kappa shape index (κ2) is 4.13. The van der Waals surface area contributed by atoms with Crippen molar-refractivity contribution in [2.45, 2.75) is 26.7 Å². The summed E-state index contributed by atoms with van der Waals surface area (Å²) in [6, 6.07) is 2.57. The first-order valence-electron chi connectivity index (χ1n) is 5.52.